The largest absolute Gasteiger partial charge is 0.368 e. The summed E-state index contributed by atoms with van der Waals surface area (Å²) in [5, 5.41) is 13.8. The summed E-state index contributed by atoms with van der Waals surface area (Å²) in [6.07, 6.45) is 6.51. The maximum absolute atomic E-state index is 10.6. The Labute approximate surface area is 126 Å². The van der Waals surface area contributed by atoms with Gasteiger partial charge >= 0.3 is 0 Å². The van der Waals surface area contributed by atoms with E-state index in [1.54, 1.807) is 0 Å². The minimum Gasteiger partial charge on any atom is -0.368 e. The van der Waals surface area contributed by atoms with Gasteiger partial charge in [-0.2, -0.15) is 0 Å². The summed E-state index contributed by atoms with van der Waals surface area (Å²) >= 11 is 3.31. The van der Waals surface area contributed by atoms with Gasteiger partial charge in [-0.15, -0.1) is 0 Å². The van der Waals surface area contributed by atoms with Crippen LogP contribution in [0.2, 0.25) is 0 Å². The Morgan fingerprint density at radius 1 is 1.55 bits per heavy atom. The normalized spacial score (nSPS) is 15.8. The fourth-order valence-corrected chi connectivity index (χ4v) is 3.01. The van der Waals surface area contributed by atoms with Crippen molar-refractivity contribution in [1.82, 2.24) is 9.88 Å². The van der Waals surface area contributed by atoms with Crippen molar-refractivity contribution in [1.29, 1.82) is 0 Å². The highest BCUT2D eigenvalue weighted by Gasteiger charge is 2.19. The van der Waals surface area contributed by atoms with Gasteiger partial charge in [0.15, 0.2) is 0 Å². The van der Waals surface area contributed by atoms with Crippen LogP contribution in [0.25, 0.3) is 0 Å². The van der Waals surface area contributed by atoms with Gasteiger partial charge in [0, 0.05) is 25.2 Å². The number of halogens is 1. The minimum absolute atomic E-state index is 0.00880. The second-order valence-electron chi connectivity index (χ2n) is 5.13. The van der Waals surface area contributed by atoms with E-state index in [4.69, 9.17) is 0 Å². The fourth-order valence-electron chi connectivity index (χ4n) is 2.54. The maximum Gasteiger partial charge on any atom is 0.288 e. The average Bonchev–Trinajstić information content (AvgIpc) is 2.94. The van der Waals surface area contributed by atoms with Crippen LogP contribution < -0.4 is 5.32 Å². The summed E-state index contributed by atoms with van der Waals surface area (Å²) in [6.45, 7) is 1.71. The Hall–Kier alpha value is -1.21. The van der Waals surface area contributed by atoms with Gasteiger partial charge < -0.3 is 10.2 Å². The topological polar surface area (TPSA) is 71.3 Å². The molecule has 1 aromatic rings. The molecule has 1 aliphatic carbocycles. The Morgan fingerprint density at radius 3 is 2.85 bits per heavy atom. The molecule has 0 aromatic carbocycles. The molecule has 1 saturated carbocycles. The van der Waals surface area contributed by atoms with Gasteiger partial charge in [0.2, 0.25) is 0 Å². The van der Waals surface area contributed by atoms with E-state index in [-0.39, 0.29) is 5.69 Å². The van der Waals surface area contributed by atoms with E-state index >= 15 is 0 Å². The molecule has 7 heteroatoms. The molecule has 1 fully saturated rings. The first-order valence-corrected chi connectivity index (χ1v) is 7.61. The number of anilines is 1. The van der Waals surface area contributed by atoms with Gasteiger partial charge in [-0.05, 0) is 35.8 Å². The molecular weight excluding hydrogens is 324 g/mol. The summed E-state index contributed by atoms with van der Waals surface area (Å²) in [6, 6.07) is 2.17. The van der Waals surface area contributed by atoms with Crippen LogP contribution in [0.15, 0.2) is 16.7 Å². The molecule has 110 valence electrons. The molecule has 0 bridgehead atoms. The van der Waals surface area contributed by atoms with Crippen molar-refractivity contribution in [2.24, 2.45) is 0 Å². The van der Waals surface area contributed by atoms with Gasteiger partial charge in [-0.3, -0.25) is 10.1 Å². The van der Waals surface area contributed by atoms with Gasteiger partial charge in [-0.25, -0.2) is 4.98 Å². The Bertz CT molecular complexity index is 477. The van der Waals surface area contributed by atoms with Crippen molar-refractivity contribution in [3.63, 3.8) is 0 Å². The lowest BCUT2D eigenvalue weighted by Crippen LogP contribution is -2.33. The summed E-state index contributed by atoms with van der Waals surface area (Å²) in [7, 11) is 2.15. The van der Waals surface area contributed by atoms with E-state index in [0.717, 1.165) is 13.1 Å². The van der Waals surface area contributed by atoms with Crippen LogP contribution in [-0.2, 0) is 0 Å². The lowest BCUT2D eigenvalue weighted by molar-refractivity contribution is -0.385. The number of nitrogens with one attached hydrogen (secondary N) is 1. The molecular formula is C13H19BrN4O2. The van der Waals surface area contributed by atoms with E-state index < -0.39 is 4.92 Å². The van der Waals surface area contributed by atoms with Gasteiger partial charge in [0.25, 0.3) is 5.69 Å². The standard InChI is InChI=1S/C13H19BrN4O2/c1-17(10-4-2-3-5-10)7-6-15-13-12(14)8-11(9-16-13)18(19)20/h8-10H,2-7H2,1H3,(H,15,16). The predicted molar refractivity (Wildman–Crippen MR) is 82.0 cm³/mol. The molecule has 0 spiro atoms. The molecule has 1 aliphatic rings. The van der Waals surface area contributed by atoms with Crippen molar-refractivity contribution in [2.75, 3.05) is 25.5 Å². The van der Waals surface area contributed by atoms with Crippen LogP contribution in [0.5, 0.6) is 0 Å². The molecule has 2 rings (SSSR count). The zero-order valence-corrected chi connectivity index (χ0v) is 13.1. The highest BCUT2D eigenvalue weighted by molar-refractivity contribution is 9.10. The molecule has 0 atom stereocenters. The molecule has 1 aromatic heterocycles. The average molecular weight is 343 g/mol. The van der Waals surface area contributed by atoms with Gasteiger partial charge in [0.1, 0.15) is 12.0 Å². The van der Waals surface area contributed by atoms with E-state index in [0.29, 0.717) is 16.3 Å². The summed E-state index contributed by atoms with van der Waals surface area (Å²) in [5.41, 5.74) is -0.00880. The summed E-state index contributed by atoms with van der Waals surface area (Å²) < 4.78 is 0.621. The Kier molecular flexibility index (Phi) is 5.31. The minimum atomic E-state index is -0.449. The molecule has 1 N–H and O–H groups in total. The smallest absolute Gasteiger partial charge is 0.288 e. The third-order valence-electron chi connectivity index (χ3n) is 3.74. The SMILES string of the molecule is CN(CCNc1ncc([N+](=O)[O-])cc1Br)C1CCCC1. The Balaban J connectivity index is 1.83. The van der Waals surface area contributed by atoms with Crippen LogP contribution in [0.4, 0.5) is 11.5 Å². The van der Waals surface area contributed by atoms with Crippen molar-refractivity contribution in [2.45, 2.75) is 31.7 Å². The van der Waals surface area contributed by atoms with Crippen LogP contribution in [0.3, 0.4) is 0 Å². The lowest BCUT2D eigenvalue weighted by atomic mass is 10.2. The number of hydrogen-bond acceptors (Lipinski definition) is 5. The molecule has 0 amide bonds. The van der Waals surface area contributed by atoms with Crippen molar-refractivity contribution in [3.8, 4) is 0 Å². The van der Waals surface area contributed by atoms with Crippen molar-refractivity contribution < 1.29 is 4.92 Å². The number of likely N-dealkylation sites (N-methyl/N-ethyl adjacent to an activating group) is 1. The summed E-state index contributed by atoms with van der Waals surface area (Å²) in [5.74, 6) is 0.649. The number of rotatable bonds is 6. The highest BCUT2D eigenvalue weighted by Crippen LogP contribution is 2.25. The third-order valence-corrected chi connectivity index (χ3v) is 4.35. The van der Waals surface area contributed by atoms with Gasteiger partial charge in [-0.1, -0.05) is 12.8 Å². The molecule has 0 aliphatic heterocycles. The Morgan fingerprint density at radius 2 is 2.25 bits per heavy atom. The second kappa shape index (κ2) is 6.99. The molecule has 6 nitrogen and oxygen atoms in total. The van der Waals surface area contributed by atoms with Crippen LogP contribution in [0.1, 0.15) is 25.7 Å². The van der Waals surface area contributed by atoms with E-state index in [9.17, 15) is 10.1 Å². The molecule has 0 unspecified atom stereocenters. The number of nitro groups is 1. The number of nitrogens with zero attached hydrogens (tertiary/aromatic N) is 3. The van der Waals surface area contributed by atoms with E-state index in [1.807, 2.05) is 0 Å². The first-order chi connectivity index (χ1) is 9.58. The molecule has 0 saturated heterocycles. The monoisotopic (exact) mass is 342 g/mol. The van der Waals surface area contributed by atoms with Crippen LogP contribution in [-0.4, -0.2) is 41.0 Å². The molecule has 1 heterocycles. The molecule has 0 radical (unpaired) electrons. The van der Waals surface area contributed by atoms with Crippen molar-refractivity contribution >= 4 is 27.4 Å². The number of hydrogen-bond donors (Lipinski definition) is 1. The fraction of sp³-hybridized carbons (Fsp3) is 0.615. The zero-order chi connectivity index (χ0) is 14.5. The molecule has 20 heavy (non-hydrogen) atoms. The van der Waals surface area contributed by atoms with Crippen LogP contribution >= 0.6 is 15.9 Å². The number of aromatic nitrogens is 1. The van der Waals surface area contributed by atoms with Crippen LogP contribution in [0, 0.1) is 10.1 Å². The quantitative estimate of drug-likeness (QED) is 0.635. The maximum atomic E-state index is 10.6. The third kappa shape index (κ3) is 3.89. The highest BCUT2D eigenvalue weighted by atomic mass is 79.9. The second-order valence-corrected chi connectivity index (χ2v) is 5.98. The zero-order valence-electron chi connectivity index (χ0n) is 11.5. The first-order valence-electron chi connectivity index (χ1n) is 6.82. The van der Waals surface area contributed by atoms with E-state index in [2.05, 4.69) is 38.2 Å². The van der Waals surface area contributed by atoms with Gasteiger partial charge in [0.05, 0.1) is 9.40 Å². The predicted octanol–water partition coefficient (Wildman–Crippen LogP) is 3.04. The first kappa shape index (κ1) is 15.2. The van der Waals surface area contributed by atoms with Crippen molar-refractivity contribution in [3.05, 3.63) is 26.9 Å². The number of pyridine rings is 1. The lowest BCUT2D eigenvalue weighted by Gasteiger charge is -2.24. The summed E-state index contributed by atoms with van der Waals surface area (Å²) in [4.78, 5) is 16.6. The van der Waals surface area contributed by atoms with E-state index in [1.165, 1.54) is 37.9 Å².